The quantitative estimate of drug-likeness (QED) is 0.916. The van der Waals surface area contributed by atoms with Gasteiger partial charge < -0.3 is 5.32 Å². The maximum absolute atomic E-state index is 4.48. The molecule has 1 fully saturated rings. The molecule has 1 aromatic carbocycles. The molecule has 1 aromatic heterocycles. The van der Waals surface area contributed by atoms with E-state index in [9.17, 15) is 0 Å². The van der Waals surface area contributed by atoms with Crippen molar-refractivity contribution < 1.29 is 0 Å². The Hall–Kier alpha value is -1.19. The van der Waals surface area contributed by atoms with Crippen LogP contribution in [0.1, 0.15) is 40.6 Å². The largest absolute Gasteiger partial charge is 0.308 e. The second-order valence-electron chi connectivity index (χ2n) is 5.54. The first-order valence-corrected chi connectivity index (χ1v) is 7.79. The highest BCUT2D eigenvalue weighted by molar-refractivity contribution is 7.09. The van der Waals surface area contributed by atoms with Gasteiger partial charge in [0.25, 0.3) is 0 Å². The van der Waals surface area contributed by atoms with E-state index in [-0.39, 0.29) is 0 Å². The average Bonchev–Trinajstić information content (AvgIpc) is 2.75. The lowest BCUT2D eigenvalue weighted by molar-refractivity contribution is 0.289. The van der Waals surface area contributed by atoms with Crippen molar-refractivity contribution in [1.29, 1.82) is 0 Å². The molecule has 19 heavy (non-hydrogen) atoms. The van der Waals surface area contributed by atoms with Crippen LogP contribution in [0.5, 0.6) is 0 Å². The van der Waals surface area contributed by atoms with Gasteiger partial charge >= 0.3 is 0 Å². The average molecular weight is 272 g/mol. The lowest BCUT2D eigenvalue weighted by Crippen LogP contribution is -2.39. The van der Waals surface area contributed by atoms with Gasteiger partial charge in [-0.05, 0) is 38.2 Å². The molecule has 1 heterocycles. The summed E-state index contributed by atoms with van der Waals surface area (Å²) in [6.45, 7) is 5.12. The molecule has 3 rings (SSSR count). The summed E-state index contributed by atoms with van der Waals surface area (Å²) >= 11 is 1.75. The molecule has 1 saturated carbocycles. The number of rotatable bonds is 4. The van der Waals surface area contributed by atoms with Gasteiger partial charge in [0.05, 0.1) is 0 Å². The maximum Gasteiger partial charge on any atom is 0.107 e. The maximum atomic E-state index is 4.48. The molecule has 0 unspecified atom stereocenters. The number of benzene rings is 1. The van der Waals surface area contributed by atoms with Crippen molar-refractivity contribution in [2.45, 2.75) is 45.2 Å². The number of hydrogen-bond acceptors (Lipinski definition) is 3. The number of nitrogens with one attached hydrogen (secondary N) is 1. The fourth-order valence-electron chi connectivity index (χ4n) is 2.61. The number of nitrogens with zero attached hydrogens (tertiary/aromatic N) is 1. The Balaban J connectivity index is 1.46. The summed E-state index contributed by atoms with van der Waals surface area (Å²) in [6.07, 6.45) is 2.51. The first-order valence-electron chi connectivity index (χ1n) is 6.91. The van der Waals surface area contributed by atoms with Gasteiger partial charge in [-0.15, -0.1) is 11.3 Å². The first kappa shape index (κ1) is 12.8. The van der Waals surface area contributed by atoms with E-state index in [4.69, 9.17) is 0 Å². The lowest BCUT2D eigenvalue weighted by atomic mass is 9.76. The third kappa shape index (κ3) is 3.04. The number of aromatic nitrogens is 1. The van der Waals surface area contributed by atoms with E-state index in [0.29, 0.717) is 6.04 Å². The molecule has 0 radical (unpaired) electrons. The smallest absolute Gasteiger partial charge is 0.107 e. The second-order valence-corrected chi connectivity index (χ2v) is 6.48. The Kier molecular flexibility index (Phi) is 3.67. The molecule has 1 aliphatic carbocycles. The van der Waals surface area contributed by atoms with Gasteiger partial charge in [-0.3, -0.25) is 0 Å². The zero-order chi connectivity index (χ0) is 13.2. The van der Waals surface area contributed by atoms with Crippen molar-refractivity contribution in [3.63, 3.8) is 0 Å². The third-order valence-electron chi connectivity index (χ3n) is 3.90. The lowest BCUT2D eigenvalue weighted by Gasteiger charge is -2.36. The Labute approximate surface area is 118 Å². The zero-order valence-corrected chi connectivity index (χ0v) is 12.3. The Morgan fingerprint density at radius 1 is 1.21 bits per heavy atom. The van der Waals surface area contributed by atoms with E-state index in [1.54, 1.807) is 11.3 Å². The summed E-state index contributed by atoms with van der Waals surface area (Å²) in [5.74, 6) is 0.746. The summed E-state index contributed by atoms with van der Waals surface area (Å²) in [5, 5.41) is 6.93. The second kappa shape index (κ2) is 5.43. The number of thiazole rings is 1. The Bertz CT molecular complexity index is 538. The van der Waals surface area contributed by atoms with Gasteiger partial charge in [-0.2, -0.15) is 0 Å². The minimum absolute atomic E-state index is 0.663. The molecule has 1 aliphatic rings. The highest BCUT2D eigenvalue weighted by Crippen LogP contribution is 2.37. The fraction of sp³-hybridized carbons (Fsp3) is 0.438. The Morgan fingerprint density at radius 2 is 1.95 bits per heavy atom. The van der Waals surface area contributed by atoms with Gasteiger partial charge in [0.2, 0.25) is 0 Å². The van der Waals surface area contributed by atoms with Crippen LogP contribution in [0, 0.1) is 13.8 Å². The van der Waals surface area contributed by atoms with Crippen LogP contribution in [0.15, 0.2) is 29.6 Å². The SMILES string of the molecule is Cc1ccc(C2CC(NCc3nc(C)cs3)C2)cc1. The molecule has 0 atom stereocenters. The fourth-order valence-corrected chi connectivity index (χ4v) is 3.33. The minimum Gasteiger partial charge on any atom is -0.308 e. The summed E-state index contributed by atoms with van der Waals surface area (Å²) < 4.78 is 0. The first-order chi connectivity index (χ1) is 9.20. The Morgan fingerprint density at radius 3 is 2.58 bits per heavy atom. The third-order valence-corrected chi connectivity index (χ3v) is 4.86. The molecule has 3 heteroatoms. The van der Waals surface area contributed by atoms with Gasteiger partial charge in [-0.1, -0.05) is 29.8 Å². The van der Waals surface area contributed by atoms with E-state index >= 15 is 0 Å². The van der Waals surface area contributed by atoms with Gasteiger partial charge in [0.1, 0.15) is 5.01 Å². The van der Waals surface area contributed by atoms with Gasteiger partial charge in [0.15, 0.2) is 0 Å². The number of hydrogen-bond donors (Lipinski definition) is 1. The zero-order valence-electron chi connectivity index (χ0n) is 11.5. The molecule has 0 aliphatic heterocycles. The monoisotopic (exact) mass is 272 g/mol. The molecule has 2 nitrogen and oxygen atoms in total. The molecule has 0 amide bonds. The molecule has 1 N–H and O–H groups in total. The van der Waals surface area contributed by atoms with E-state index in [1.165, 1.54) is 29.0 Å². The predicted molar refractivity (Wildman–Crippen MR) is 80.6 cm³/mol. The molecular weight excluding hydrogens is 252 g/mol. The van der Waals surface area contributed by atoms with Crippen molar-refractivity contribution in [2.24, 2.45) is 0 Å². The molecule has 0 spiro atoms. The van der Waals surface area contributed by atoms with E-state index in [0.717, 1.165) is 18.2 Å². The molecular formula is C16H20N2S. The van der Waals surface area contributed by atoms with Crippen molar-refractivity contribution in [2.75, 3.05) is 0 Å². The molecule has 0 bridgehead atoms. The summed E-state index contributed by atoms with van der Waals surface area (Å²) in [5.41, 5.74) is 3.97. The van der Waals surface area contributed by atoms with Crippen molar-refractivity contribution in [3.05, 3.63) is 51.5 Å². The van der Waals surface area contributed by atoms with E-state index < -0.39 is 0 Å². The van der Waals surface area contributed by atoms with Crippen molar-refractivity contribution in [3.8, 4) is 0 Å². The summed E-state index contributed by atoms with van der Waals surface area (Å²) in [7, 11) is 0. The molecule has 2 aromatic rings. The van der Waals surface area contributed by atoms with Gasteiger partial charge in [0, 0.05) is 23.7 Å². The van der Waals surface area contributed by atoms with Crippen molar-refractivity contribution >= 4 is 11.3 Å². The van der Waals surface area contributed by atoms with E-state index in [1.807, 2.05) is 0 Å². The highest BCUT2D eigenvalue weighted by atomic mass is 32.1. The number of aryl methyl sites for hydroxylation is 2. The molecule has 0 saturated heterocycles. The summed E-state index contributed by atoms with van der Waals surface area (Å²) in [6, 6.07) is 9.65. The highest BCUT2D eigenvalue weighted by Gasteiger charge is 2.29. The van der Waals surface area contributed by atoms with Crippen molar-refractivity contribution in [1.82, 2.24) is 10.3 Å². The molecule has 100 valence electrons. The van der Waals surface area contributed by atoms with E-state index in [2.05, 4.69) is 53.8 Å². The van der Waals surface area contributed by atoms with Crippen LogP contribution in [0.2, 0.25) is 0 Å². The van der Waals surface area contributed by atoms with Crippen LogP contribution in [-0.2, 0) is 6.54 Å². The van der Waals surface area contributed by atoms with Crippen LogP contribution >= 0.6 is 11.3 Å². The van der Waals surface area contributed by atoms with Gasteiger partial charge in [-0.25, -0.2) is 4.98 Å². The topological polar surface area (TPSA) is 24.9 Å². The predicted octanol–water partition coefficient (Wildman–Crippen LogP) is 3.80. The minimum atomic E-state index is 0.663. The van der Waals surface area contributed by atoms with Crippen LogP contribution in [0.25, 0.3) is 0 Å². The van der Waals surface area contributed by atoms with Crippen LogP contribution in [0.3, 0.4) is 0 Å². The summed E-state index contributed by atoms with van der Waals surface area (Å²) in [4.78, 5) is 4.48. The normalized spacial score (nSPS) is 22.2. The van der Waals surface area contributed by atoms with Crippen LogP contribution < -0.4 is 5.32 Å². The van der Waals surface area contributed by atoms with Crippen LogP contribution in [0.4, 0.5) is 0 Å². The standard InChI is InChI=1S/C16H20N2S/c1-11-3-5-13(6-4-11)14-7-15(8-14)17-9-16-18-12(2)10-19-16/h3-6,10,14-15,17H,7-9H2,1-2H3. The van der Waals surface area contributed by atoms with Crippen LogP contribution in [-0.4, -0.2) is 11.0 Å².